The summed E-state index contributed by atoms with van der Waals surface area (Å²) in [5, 5.41) is 9.65. The third-order valence-electron chi connectivity index (χ3n) is 7.44. The van der Waals surface area contributed by atoms with Crippen LogP contribution in [0.1, 0.15) is 36.0 Å². The van der Waals surface area contributed by atoms with Crippen LogP contribution in [0.2, 0.25) is 10.0 Å². The van der Waals surface area contributed by atoms with Gasteiger partial charge < -0.3 is 20.3 Å². The Morgan fingerprint density at radius 1 is 1.06 bits per heavy atom. The van der Waals surface area contributed by atoms with Gasteiger partial charge in [0.15, 0.2) is 0 Å². The molecule has 0 amide bonds. The highest BCUT2D eigenvalue weighted by atomic mass is 35.5. The van der Waals surface area contributed by atoms with Crippen molar-refractivity contribution in [1.29, 1.82) is 5.41 Å². The van der Waals surface area contributed by atoms with E-state index in [0.29, 0.717) is 49.3 Å². The molecule has 2 aliphatic rings. The summed E-state index contributed by atoms with van der Waals surface area (Å²) in [5.41, 5.74) is 9.43. The van der Waals surface area contributed by atoms with E-state index in [9.17, 15) is 0 Å². The van der Waals surface area contributed by atoms with E-state index < -0.39 is 0 Å². The number of nitrogen functional groups attached to an aromatic ring is 1. The van der Waals surface area contributed by atoms with Crippen LogP contribution in [0.15, 0.2) is 48.9 Å². The molecule has 3 aromatic rings. The van der Waals surface area contributed by atoms with Crippen molar-refractivity contribution in [2.24, 2.45) is 5.41 Å². The number of nitrogens with one attached hydrogen (secondary N) is 1. The largest absolute Gasteiger partial charge is 0.489 e. The molecular weight excluding hydrogens is 495 g/mol. The van der Waals surface area contributed by atoms with E-state index >= 15 is 0 Å². The van der Waals surface area contributed by atoms with E-state index in [1.807, 2.05) is 12.1 Å². The van der Waals surface area contributed by atoms with Crippen molar-refractivity contribution in [3.63, 3.8) is 0 Å². The fourth-order valence-electron chi connectivity index (χ4n) is 5.23. The molecule has 1 spiro atoms. The summed E-state index contributed by atoms with van der Waals surface area (Å²) in [4.78, 5) is 13.5. The first-order valence-electron chi connectivity index (χ1n) is 12.1. The lowest BCUT2D eigenvalue weighted by molar-refractivity contribution is 0.222. The zero-order valence-corrected chi connectivity index (χ0v) is 21.8. The Labute approximate surface area is 221 Å². The number of nitrogens with two attached hydrogens (primary N) is 1. The lowest BCUT2D eigenvalue weighted by Gasteiger charge is -2.39. The van der Waals surface area contributed by atoms with E-state index in [1.54, 1.807) is 24.4 Å². The minimum absolute atomic E-state index is 0.181. The molecule has 1 aromatic carbocycles. The fourth-order valence-corrected chi connectivity index (χ4v) is 5.70. The number of rotatable bonds is 6. The monoisotopic (exact) mass is 524 g/mol. The number of ether oxygens (including phenoxy) is 1. The normalized spacial score (nSPS) is 17.5. The lowest BCUT2D eigenvalue weighted by atomic mass is 9.78. The first-order valence-corrected chi connectivity index (χ1v) is 12.9. The van der Waals surface area contributed by atoms with Crippen LogP contribution < -0.4 is 15.4 Å². The number of nitrogens with zero attached hydrogens (tertiary/aromatic N) is 4. The molecule has 0 saturated carbocycles. The summed E-state index contributed by atoms with van der Waals surface area (Å²) in [7, 11) is 2.22. The standard InChI is InChI=1S/C27H30Cl2N6O/c1-34-9-6-27(17-34)7-10-35(11-8-27)25-5-2-18(13-33-25)26(31)20-12-19(3-4-24(20)30)36-16-21-22(28)14-32-15-23(21)29/h2-5,12-15,31H,6-11,16-17,30H2,1H3. The summed E-state index contributed by atoms with van der Waals surface area (Å²) in [6, 6.07) is 9.22. The number of aromatic nitrogens is 2. The molecule has 0 aliphatic carbocycles. The molecule has 188 valence electrons. The molecule has 0 bridgehead atoms. The Morgan fingerprint density at radius 3 is 2.42 bits per heavy atom. The summed E-state index contributed by atoms with van der Waals surface area (Å²) >= 11 is 12.4. The van der Waals surface area contributed by atoms with E-state index in [1.165, 1.54) is 44.7 Å². The highest BCUT2D eigenvalue weighted by molar-refractivity contribution is 6.35. The number of hydrogen-bond donors (Lipinski definition) is 2. The first kappa shape index (κ1) is 24.8. The van der Waals surface area contributed by atoms with Crippen molar-refractivity contribution in [3.8, 4) is 5.75 Å². The number of likely N-dealkylation sites (tertiary alicyclic amines) is 1. The predicted molar refractivity (Wildman–Crippen MR) is 146 cm³/mol. The molecule has 9 heteroatoms. The zero-order valence-electron chi connectivity index (χ0n) is 20.3. The molecule has 3 N–H and O–H groups in total. The van der Waals surface area contributed by atoms with Crippen LogP contribution in [-0.2, 0) is 6.61 Å². The Balaban J connectivity index is 1.25. The van der Waals surface area contributed by atoms with E-state index in [0.717, 1.165) is 18.9 Å². The molecular formula is C27H30Cl2N6O. The molecule has 0 radical (unpaired) electrons. The summed E-state index contributed by atoms with van der Waals surface area (Å²) < 4.78 is 5.91. The van der Waals surface area contributed by atoms with E-state index in [4.69, 9.17) is 44.1 Å². The molecule has 2 aliphatic heterocycles. The molecule has 2 saturated heterocycles. The Bertz CT molecular complexity index is 1240. The van der Waals surface area contributed by atoms with Gasteiger partial charge in [-0.25, -0.2) is 4.98 Å². The maximum Gasteiger partial charge on any atom is 0.128 e. The highest BCUT2D eigenvalue weighted by Gasteiger charge is 2.39. The Morgan fingerprint density at radius 2 is 1.78 bits per heavy atom. The van der Waals surface area contributed by atoms with Gasteiger partial charge in [0.2, 0.25) is 0 Å². The van der Waals surface area contributed by atoms with Gasteiger partial charge >= 0.3 is 0 Å². The van der Waals surface area contributed by atoms with Crippen LogP contribution in [0.4, 0.5) is 11.5 Å². The van der Waals surface area contributed by atoms with Gasteiger partial charge in [-0.1, -0.05) is 23.2 Å². The summed E-state index contributed by atoms with van der Waals surface area (Å²) in [6.07, 6.45) is 8.53. The average molecular weight is 525 g/mol. The van der Waals surface area contributed by atoms with Gasteiger partial charge in [-0.2, -0.15) is 0 Å². The number of benzene rings is 1. The van der Waals surface area contributed by atoms with Crippen LogP contribution in [-0.4, -0.2) is 53.8 Å². The minimum atomic E-state index is 0.181. The second-order valence-electron chi connectivity index (χ2n) is 9.87. The predicted octanol–water partition coefficient (Wildman–Crippen LogP) is 5.28. The van der Waals surface area contributed by atoms with Gasteiger partial charge in [0.05, 0.1) is 15.8 Å². The lowest BCUT2D eigenvalue weighted by Crippen LogP contribution is -2.41. The Hall–Kier alpha value is -2.87. The van der Waals surface area contributed by atoms with Gasteiger partial charge in [-0.05, 0) is 68.6 Å². The van der Waals surface area contributed by atoms with Crippen molar-refractivity contribution in [3.05, 3.63) is 75.7 Å². The highest BCUT2D eigenvalue weighted by Crippen LogP contribution is 2.40. The second-order valence-corrected chi connectivity index (χ2v) is 10.7. The molecule has 7 nitrogen and oxygen atoms in total. The fraction of sp³-hybridized carbons (Fsp3) is 0.370. The van der Waals surface area contributed by atoms with Crippen molar-refractivity contribution >= 4 is 40.4 Å². The van der Waals surface area contributed by atoms with E-state index in [2.05, 4.69) is 21.8 Å². The molecule has 0 unspecified atom stereocenters. The third kappa shape index (κ3) is 5.14. The van der Waals surface area contributed by atoms with Crippen molar-refractivity contribution in [2.75, 3.05) is 43.9 Å². The molecule has 4 heterocycles. The second kappa shape index (κ2) is 10.2. The van der Waals surface area contributed by atoms with Gasteiger partial charge in [0.25, 0.3) is 0 Å². The number of anilines is 2. The number of hydrogen-bond acceptors (Lipinski definition) is 7. The Kier molecular flexibility index (Phi) is 7.06. The van der Waals surface area contributed by atoms with Gasteiger partial charge in [0.1, 0.15) is 18.2 Å². The van der Waals surface area contributed by atoms with E-state index in [-0.39, 0.29) is 6.61 Å². The molecule has 5 rings (SSSR count). The van der Waals surface area contributed by atoms with Gasteiger partial charge in [-0.3, -0.25) is 10.4 Å². The molecule has 2 fully saturated rings. The van der Waals surface area contributed by atoms with Crippen LogP contribution >= 0.6 is 23.2 Å². The average Bonchev–Trinajstić information content (AvgIpc) is 3.24. The van der Waals surface area contributed by atoms with Gasteiger partial charge in [0, 0.05) is 60.6 Å². The van der Waals surface area contributed by atoms with Crippen molar-refractivity contribution in [1.82, 2.24) is 14.9 Å². The van der Waals surface area contributed by atoms with Crippen LogP contribution in [0, 0.1) is 10.8 Å². The minimum Gasteiger partial charge on any atom is -0.489 e. The number of piperidine rings is 1. The van der Waals surface area contributed by atoms with Gasteiger partial charge in [-0.15, -0.1) is 0 Å². The summed E-state index contributed by atoms with van der Waals surface area (Å²) in [6.45, 7) is 4.64. The van der Waals surface area contributed by atoms with Crippen LogP contribution in [0.25, 0.3) is 0 Å². The smallest absolute Gasteiger partial charge is 0.128 e. The molecule has 36 heavy (non-hydrogen) atoms. The molecule has 2 aromatic heterocycles. The number of halogens is 2. The topological polar surface area (TPSA) is 91.4 Å². The summed E-state index contributed by atoms with van der Waals surface area (Å²) in [5.74, 6) is 1.53. The number of pyridine rings is 2. The SMILES string of the molecule is CN1CCC2(CCN(c3ccc(C(=N)c4cc(OCc5c(Cl)cncc5Cl)ccc4N)cn3)CC2)C1. The zero-order chi connectivity index (χ0) is 25.3. The van der Waals surface area contributed by atoms with Crippen LogP contribution in [0.5, 0.6) is 5.75 Å². The van der Waals surface area contributed by atoms with Crippen molar-refractivity contribution < 1.29 is 4.74 Å². The molecule has 0 atom stereocenters. The van der Waals surface area contributed by atoms with Crippen molar-refractivity contribution in [2.45, 2.75) is 25.9 Å². The quantitative estimate of drug-likeness (QED) is 0.336. The van der Waals surface area contributed by atoms with Crippen LogP contribution in [0.3, 0.4) is 0 Å². The maximum absolute atomic E-state index is 8.77. The first-order chi connectivity index (χ1) is 17.3. The maximum atomic E-state index is 8.77. The third-order valence-corrected chi connectivity index (χ3v) is 8.09.